The number of benzene rings is 2. The number of hydrogen-bond donors (Lipinski definition) is 3. The summed E-state index contributed by atoms with van der Waals surface area (Å²) in [6.07, 6.45) is 7.02. The number of nitrogens with one attached hydrogen (secondary N) is 3. The van der Waals surface area contributed by atoms with Crippen LogP contribution in [-0.2, 0) is 14.8 Å². The van der Waals surface area contributed by atoms with E-state index in [0.29, 0.717) is 23.5 Å². The van der Waals surface area contributed by atoms with E-state index in [1.807, 2.05) is 26.0 Å². The smallest absolute Gasteiger partial charge is 0.276 e. The van der Waals surface area contributed by atoms with Crippen molar-refractivity contribution in [2.24, 2.45) is 23.2 Å². The minimum atomic E-state index is -3.99. The number of para-hydroxylation sites is 1. The van der Waals surface area contributed by atoms with Gasteiger partial charge in [-0.2, -0.15) is 0 Å². The molecule has 0 radical (unpaired) electrons. The minimum Gasteiger partial charge on any atom is -0.495 e. The first-order valence-corrected chi connectivity index (χ1v) is 15.0. The number of amides is 2. The Kier molecular flexibility index (Phi) is 7.61. The van der Waals surface area contributed by atoms with E-state index in [9.17, 15) is 18.0 Å². The van der Waals surface area contributed by atoms with Crippen molar-refractivity contribution in [2.45, 2.75) is 63.3 Å². The van der Waals surface area contributed by atoms with Crippen LogP contribution in [0.1, 0.15) is 61.4 Å². The maximum absolute atomic E-state index is 13.6. The molecular weight excluding hydrogens is 518 g/mol. The van der Waals surface area contributed by atoms with Gasteiger partial charge in [-0.05, 0) is 105 Å². The van der Waals surface area contributed by atoms with Crippen LogP contribution in [0.5, 0.6) is 11.5 Å². The first-order chi connectivity index (χ1) is 18.6. The van der Waals surface area contributed by atoms with Gasteiger partial charge < -0.3 is 9.47 Å². The van der Waals surface area contributed by atoms with Gasteiger partial charge in [0.1, 0.15) is 16.4 Å². The molecule has 0 spiro atoms. The van der Waals surface area contributed by atoms with Crippen LogP contribution in [0.3, 0.4) is 0 Å². The first kappa shape index (κ1) is 27.5. The lowest BCUT2D eigenvalue weighted by atomic mass is 9.48. The van der Waals surface area contributed by atoms with Gasteiger partial charge in [0.15, 0.2) is 6.61 Å². The molecule has 0 aliphatic heterocycles. The zero-order chi connectivity index (χ0) is 27.8. The molecule has 2 amide bonds. The highest BCUT2D eigenvalue weighted by atomic mass is 32.2. The fourth-order valence-electron chi connectivity index (χ4n) is 7.25. The third-order valence-electron chi connectivity index (χ3n) is 8.82. The van der Waals surface area contributed by atoms with E-state index >= 15 is 0 Å². The molecule has 6 rings (SSSR count). The Morgan fingerprint density at radius 2 is 1.62 bits per heavy atom. The number of aryl methyl sites for hydroxylation is 1. The predicted octanol–water partition coefficient (Wildman–Crippen LogP) is 3.73. The highest BCUT2D eigenvalue weighted by Gasteiger charge is 2.53. The summed E-state index contributed by atoms with van der Waals surface area (Å²) >= 11 is 0. The standard InChI is InChI=1S/C29H37N3O6S/c1-18-6-4-5-7-24(18)38-17-27(33)30-31-28(34)23-8-9-25(37-3)26(13-23)39(35,36)32-19(2)29-14-20-10-21(15-29)12-22(11-20)16-29/h4-9,13,19-22,32H,10-12,14-17H2,1-3H3,(H,30,33)(H,31,34). The van der Waals surface area contributed by atoms with Crippen molar-refractivity contribution in [2.75, 3.05) is 13.7 Å². The number of hydrazine groups is 1. The van der Waals surface area contributed by atoms with Crippen LogP contribution in [-0.4, -0.2) is 40.0 Å². The van der Waals surface area contributed by atoms with Crippen molar-refractivity contribution >= 4 is 21.8 Å². The van der Waals surface area contributed by atoms with Gasteiger partial charge in [-0.15, -0.1) is 0 Å². The summed E-state index contributed by atoms with van der Waals surface area (Å²) in [7, 11) is -2.59. The van der Waals surface area contributed by atoms with Crippen LogP contribution < -0.4 is 25.0 Å². The number of ether oxygens (including phenoxy) is 2. The molecule has 4 bridgehead atoms. The van der Waals surface area contributed by atoms with Crippen LogP contribution in [0.15, 0.2) is 47.4 Å². The van der Waals surface area contributed by atoms with Gasteiger partial charge in [0.2, 0.25) is 10.0 Å². The van der Waals surface area contributed by atoms with Gasteiger partial charge in [-0.1, -0.05) is 18.2 Å². The molecule has 210 valence electrons. The van der Waals surface area contributed by atoms with Gasteiger partial charge in [-0.3, -0.25) is 20.4 Å². The summed E-state index contributed by atoms with van der Waals surface area (Å²) in [5.41, 5.74) is 5.56. The zero-order valence-corrected chi connectivity index (χ0v) is 23.5. The Morgan fingerprint density at radius 3 is 2.23 bits per heavy atom. The molecule has 4 aliphatic rings. The van der Waals surface area contributed by atoms with Crippen LogP contribution in [0.25, 0.3) is 0 Å². The van der Waals surface area contributed by atoms with Crippen LogP contribution in [0.2, 0.25) is 0 Å². The van der Waals surface area contributed by atoms with E-state index in [1.54, 1.807) is 12.1 Å². The van der Waals surface area contributed by atoms with Gasteiger partial charge in [0.05, 0.1) is 7.11 Å². The summed E-state index contributed by atoms with van der Waals surface area (Å²) in [5.74, 6) is 1.59. The maximum Gasteiger partial charge on any atom is 0.276 e. The Labute approximate surface area is 230 Å². The lowest BCUT2D eigenvalue weighted by Crippen LogP contribution is -2.55. The molecule has 1 atom stereocenters. The van der Waals surface area contributed by atoms with E-state index in [4.69, 9.17) is 9.47 Å². The van der Waals surface area contributed by atoms with Crippen molar-refractivity contribution in [1.29, 1.82) is 0 Å². The summed E-state index contributed by atoms with van der Waals surface area (Å²) in [4.78, 5) is 24.9. The second-order valence-corrected chi connectivity index (χ2v) is 13.2. The molecule has 1 unspecified atom stereocenters. The third-order valence-corrected chi connectivity index (χ3v) is 10.4. The SMILES string of the molecule is COc1ccc(C(=O)NNC(=O)COc2ccccc2C)cc1S(=O)(=O)NC(C)C12CC3CC(CC(C3)C1)C2. The molecule has 10 heteroatoms. The molecule has 0 heterocycles. The summed E-state index contributed by atoms with van der Waals surface area (Å²) in [5, 5.41) is 0. The molecule has 2 aromatic rings. The van der Waals surface area contributed by atoms with Crippen molar-refractivity contribution < 1.29 is 27.5 Å². The molecule has 3 N–H and O–H groups in total. The molecular formula is C29H37N3O6S. The number of sulfonamides is 1. The van der Waals surface area contributed by atoms with E-state index in [-0.39, 0.29) is 34.3 Å². The zero-order valence-electron chi connectivity index (χ0n) is 22.7. The average Bonchev–Trinajstić information content (AvgIpc) is 2.90. The topological polar surface area (TPSA) is 123 Å². The van der Waals surface area contributed by atoms with Gasteiger partial charge in [-0.25, -0.2) is 13.1 Å². The lowest BCUT2D eigenvalue weighted by molar-refractivity contribution is -0.123. The minimum absolute atomic E-state index is 0.0192. The van der Waals surface area contributed by atoms with Gasteiger partial charge in [0.25, 0.3) is 11.8 Å². The average molecular weight is 556 g/mol. The molecule has 2 aromatic carbocycles. The molecule has 4 saturated carbocycles. The van der Waals surface area contributed by atoms with E-state index < -0.39 is 21.8 Å². The van der Waals surface area contributed by atoms with E-state index in [0.717, 1.165) is 24.8 Å². The number of methoxy groups -OCH3 is 1. The second-order valence-electron chi connectivity index (χ2n) is 11.5. The van der Waals surface area contributed by atoms with Crippen LogP contribution in [0.4, 0.5) is 0 Å². The molecule has 0 saturated heterocycles. The van der Waals surface area contributed by atoms with Crippen molar-refractivity contribution in [3.8, 4) is 11.5 Å². The van der Waals surface area contributed by atoms with Crippen molar-refractivity contribution in [3.05, 3.63) is 53.6 Å². The van der Waals surface area contributed by atoms with Gasteiger partial charge in [0, 0.05) is 11.6 Å². The van der Waals surface area contributed by atoms with Gasteiger partial charge >= 0.3 is 0 Å². The number of carbonyl (C=O) groups is 2. The summed E-state index contributed by atoms with van der Waals surface area (Å²) in [6, 6.07) is 11.2. The number of hydrogen-bond acceptors (Lipinski definition) is 6. The highest BCUT2D eigenvalue weighted by Crippen LogP contribution is 2.61. The normalized spacial score (nSPS) is 26.1. The van der Waals surface area contributed by atoms with E-state index in [2.05, 4.69) is 15.6 Å². The molecule has 4 fully saturated rings. The summed E-state index contributed by atoms with van der Waals surface area (Å²) < 4.78 is 41.0. The van der Waals surface area contributed by atoms with E-state index in [1.165, 1.54) is 44.6 Å². The Hall–Kier alpha value is -3.11. The largest absolute Gasteiger partial charge is 0.495 e. The summed E-state index contributed by atoms with van der Waals surface area (Å²) in [6.45, 7) is 3.55. The third kappa shape index (κ3) is 5.77. The second kappa shape index (κ2) is 10.8. The molecule has 9 nitrogen and oxygen atoms in total. The fraction of sp³-hybridized carbons (Fsp3) is 0.517. The molecule has 39 heavy (non-hydrogen) atoms. The molecule has 4 aliphatic carbocycles. The quantitative estimate of drug-likeness (QED) is 0.405. The Morgan fingerprint density at radius 1 is 0.974 bits per heavy atom. The Bertz CT molecular complexity index is 1320. The van der Waals surface area contributed by atoms with Crippen molar-refractivity contribution in [1.82, 2.24) is 15.6 Å². The van der Waals surface area contributed by atoms with Crippen molar-refractivity contribution in [3.63, 3.8) is 0 Å². The lowest BCUT2D eigenvalue weighted by Gasteiger charge is -2.59. The first-order valence-electron chi connectivity index (χ1n) is 13.6. The molecule has 0 aromatic heterocycles. The maximum atomic E-state index is 13.6. The monoisotopic (exact) mass is 555 g/mol. The Balaban J connectivity index is 1.24. The number of rotatable bonds is 9. The predicted molar refractivity (Wildman–Crippen MR) is 146 cm³/mol. The number of carbonyl (C=O) groups excluding carboxylic acids is 2. The fourth-order valence-corrected chi connectivity index (χ4v) is 8.79. The highest BCUT2D eigenvalue weighted by molar-refractivity contribution is 7.89. The van der Waals surface area contributed by atoms with Crippen LogP contribution >= 0.6 is 0 Å². The van der Waals surface area contributed by atoms with Crippen LogP contribution in [0, 0.1) is 30.1 Å².